The van der Waals surface area contributed by atoms with E-state index in [-0.39, 0.29) is 29.2 Å². The number of piperidine rings is 1. The molecule has 0 bridgehead atoms. The normalized spacial score (nSPS) is 17.7. The molecular weight excluding hydrogens is 364 g/mol. The first-order valence-electron chi connectivity index (χ1n) is 10.9. The van der Waals surface area contributed by atoms with Crippen molar-refractivity contribution < 1.29 is 14.3 Å². The summed E-state index contributed by atoms with van der Waals surface area (Å²) in [6, 6.07) is 8.12. The molecule has 0 aliphatic carbocycles. The van der Waals surface area contributed by atoms with Crippen LogP contribution in [0, 0.1) is 11.8 Å². The second-order valence-electron chi connectivity index (χ2n) is 9.68. The van der Waals surface area contributed by atoms with Crippen LogP contribution in [0.2, 0.25) is 0 Å². The van der Waals surface area contributed by atoms with E-state index < -0.39 is 6.10 Å². The number of hydrogen-bond acceptors (Lipinski definition) is 3. The summed E-state index contributed by atoms with van der Waals surface area (Å²) in [5.41, 5.74) is 1.32. The number of nitrogens with zero attached hydrogens (tertiary/aromatic N) is 1. The van der Waals surface area contributed by atoms with Gasteiger partial charge in [-0.1, -0.05) is 46.8 Å². The molecule has 1 aromatic carbocycles. The van der Waals surface area contributed by atoms with E-state index in [0.717, 1.165) is 0 Å². The van der Waals surface area contributed by atoms with Gasteiger partial charge < -0.3 is 15.0 Å². The van der Waals surface area contributed by atoms with Gasteiger partial charge in [0, 0.05) is 25.0 Å². The molecule has 1 aliphatic rings. The summed E-state index contributed by atoms with van der Waals surface area (Å²) in [7, 11) is 0. The topological polar surface area (TPSA) is 58.6 Å². The largest absolute Gasteiger partial charge is 0.481 e. The van der Waals surface area contributed by atoms with Gasteiger partial charge in [-0.3, -0.25) is 9.59 Å². The van der Waals surface area contributed by atoms with Crippen molar-refractivity contribution in [2.45, 2.75) is 78.9 Å². The van der Waals surface area contributed by atoms with Crippen molar-refractivity contribution in [2.75, 3.05) is 13.1 Å². The Morgan fingerprint density at radius 1 is 1.03 bits per heavy atom. The number of ether oxygens (including phenoxy) is 1. The first-order valence-corrected chi connectivity index (χ1v) is 10.9. The molecule has 1 fully saturated rings. The van der Waals surface area contributed by atoms with Gasteiger partial charge in [-0.25, -0.2) is 0 Å². The maximum atomic E-state index is 12.8. The number of nitrogens with one attached hydrogen (secondary N) is 1. The molecule has 0 saturated carbocycles. The van der Waals surface area contributed by atoms with Crippen molar-refractivity contribution in [2.24, 2.45) is 11.8 Å². The lowest BCUT2D eigenvalue weighted by molar-refractivity contribution is -0.141. The second-order valence-corrected chi connectivity index (χ2v) is 9.68. The van der Waals surface area contributed by atoms with Crippen LogP contribution >= 0.6 is 0 Å². The lowest BCUT2D eigenvalue weighted by Crippen LogP contribution is -2.48. The molecule has 29 heavy (non-hydrogen) atoms. The van der Waals surface area contributed by atoms with E-state index in [9.17, 15) is 9.59 Å². The molecule has 2 unspecified atom stereocenters. The Balaban J connectivity index is 1.84. The molecule has 0 spiro atoms. The number of carbonyl (C=O) groups excluding carboxylic acids is 2. The van der Waals surface area contributed by atoms with Crippen molar-refractivity contribution >= 4 is 11.8 Å². The van der Waals surface area contributed by atoms with Crippen molar-refractivity contribution in [1.82, 2.24) is 10.2 Å². The number of likely N-dealkylation sites (tertiary alicyclic amines) is 1. The molecule has 1 N–H and O–H groups in total. The van der Waals surface area contributed by atoms with Gasteiger partial charge in [-0.05, 0) is 55.7 Å². The van der Waals surface area contributed by atoms with E-state index in [1.807, 2.05) is 24.0 Å². The van der Waals surface area contributed by atoms with E-state index in [4.69, 9.17) is 4.74 Å². The van der Waals surface area contributed by atoms with Crippen molar-refractivity contribution in [3.63, 3.8) is 0 Å². The van der Waals surface area contributed by atoms with Crippen LogP contribution in [0.1, 0.15) is 66.9 Å². The van der Waals surface area contributed by atoms with E-state index in [2.05, 4.69) is 52.1 Å². The zero-order valence-corrected chi connectivity index (χ0v) is 19.1. The van der Waals surface area contributed by atoms with E-state index >= 15 is 0 Å². The average molecular weight is 403 g/mol. The molecule has 1 heterocycles. The van der Waals surface area contributed by atoms with Crippen LogP contribution in [0.3, 0.4) is 0 Å². The number of hydrogen-bond donors (Lipinski definition) is 1. The predicted octanol–water partition coefficient (Wildman–Crippen LogP) is 4.15. The zero-order valence-electron chi connectivity index (χ0n) is 19.1. The minimum absolute atomic E-state index is 0.0126. The van der Waals surface area contributed by atoms with Gasteiger partial charge in [0.05, 0.1) is 0 Å². The molecule has 0 aromatic heterocycles. The van der Waals surface area contributed by atoms with E-state index in [0.29, 0.717) is 37.6 Å². The number of carbonyl (C=O) groups is 2. The second kappa shape index (κ2) is 9.64. The summed E-state index contributed by atoms with van der Waals surface area (Å²) in [5, 5.41) is 3.10. The van der Waals surface area contributed by atoms with E-state index in [1.54, 1.807) is 6.92 Å². The third-order valence-corrected chi connectivity index (χ3v) is 5.93. The minimum atomic E-state index is -0.540. The molecule has 1 aromatic rings. The Morgan fingerprint density at radius 2 is 1.59 bits per heavy atom. The fourth-order valence-electron chi connectivity index (χ4n) is 3.42. The van der Waals surface area contributed by atoms with Crippen LogP contribution in [0.25, 0.3) is 0 Å². The van der Waals surface area contributed by atoms with Gasteiger partial charge in [0.25, 0.3) is 5.91 Å². The maximum absolute atomic E-state index is 12.8. The summed E-state index contributed by atoms with van der Waals surface area (Å²) in [5.74, 6) is 1.20. The highest BCUT2D eigenvalue weighted by Gasteiger charge is 2.30. The first-order chi connectivity index (χ1) is 13.5. The Bertz CT molecular complexity index is 683. The summed E-state index contributed by atoms with van der Waals surface area (Å²) in [6.07, 6.45) is 0.868. The highest BCUT2D eigenvalue weighted by Crippen LogP contribution is 2.25. The third kappa shape index (κ3) is 6.48. The van der Waals surface area contributed by atoms with Gasteiger partial charge in [0.15, 0.2) is 6.10 Å². The number of rotatable bonds is 6. The van der Waals surface area contributed by atoms with Crippen LogP contribution in [0.5, 0.6) is 5.75 Å². The Hall–Kier alpha value is -2.04. The van der Waals surface area contributed by atoms with Gasteiger partial charge >= 0.3 is 0 Å². The average Bonchev–Trinajstić information content (AvgIpc) is 2.67. The van der Waals surface area contributed by atoms with Gasteiger partial charge in [-0.2, -0.15) is 0 Å². The van der Waals surface area contributed by atoms with Gasteiger partial charge in [0.1, 0.15) is 5.75 Å². The molecule has 5 heteroatoms. The van der Waals surface area contributed by atoms with Crippen molar-refractivity contribution in [3.05, 3.63) is 29.8 Å². The van der Waals surface area contributed by atoms with Crippen molar-refractivity contribution in [3.8, 4) is 5.75 Å². The lowest BCUT2D eigenvalue weighted by atomic mass is 9.87. The van der Waals surface area contributed by atoms with Gasteiger partial charge in [-0.15, -0.1) is 0 Å². The molecule has 2 rings (SSSR count). The molecule has 5 nitrogen and oxygen atoms in total. The SMILES string of the molecule is CC(Oc1ccc(C(C)(C)C)cc1)C(=O)N1CCC(C(=O)NC(C)C(C)C)CC1. The van der Waals surface area contributed by atoms with Crippen LogP contribution in [0.15, 0.2) is 24.3 Å². The molecular formula is C24H38N2O3. The highest BCUT2D eigenvalue weighted by atomic mass is 16.5. The smallest absolute Gasteiger partial charge is 0.263 e. The van der Waals surface area contributed by atoms with Crippen LogP contribution in [0.4, 0.5) is 0 Å². The van der Waals surface area contributed by atoms with Crippen LogP contribution in [-0.2, 0) is 15.0 Å². The molecule has 0 radical (unpaired) electrons. The maximum Gasteiger partial charge on any atom is 0.263 e. The summed E-state index contributed by atoms with van der Waals surface area (Å²) < 4.78 is 5.88. The van der Waals surface area contributed by atoms with Crippen LogP contribution in [-0.4, -0.2) is 41.9 Å². The minimum Gasteiger partial charge on any atom is -0.481 e. The van der Waals surface area contributed by atoms with Crippen molar-refractivity contribution in [1.29, 1.82) is 0 Å². The Morgan fingerprint density at radius 3 is 2.07 bits per heavy atom. The number of amides is 2. The molecule has 1 saturated heterocycles. The van der Waals surface area contributed by atoms with Crippen LogP contribution < -0.4 is 10.1 Å². The fourth-order valence-corrected chi connectivity index (χ4v) is 3.42. The standard InChI is InChI=1S/C24H38N2O3/c1-16(2)17(3)25-22(27)19-12-14-26(15-13-19)23(28)18(4)29-21-10-8-20(9-11-21)24(5,6)7/h8-11,16-19H,12-15H2,1-7H3,(H,25,27). The molecule has 1 aliphatic heterocycles. The zero-order chi connectivity index (χ0) is 21.8. The fraction of sp³-hybridized carbons (Fsp3) is 0.667. The Kier molecular flexibility index (Phi) is 7.73. The lowest BCUT2D eigenvalue weighted by Gasteiger charge is -2.33. The third-order valence-electron chi connectivity index (χ3n) is 5.93. The number of benzene rings is 1. The summed E-state index contributed by atoms with van der Waals surface area (Å²) in [6.45, 7) is 15.7. The molecule has 162 valence electrons. The molecule has 2 atom stereocenters. The van der Waals surface area contributed by atoms with E-state index in [1.165, 1.54) is 5.56 Å². The van der Waals surface area contributed by atoms with Gasteiger partial charge in [0.2, 0.25) is 5.91 Å². The predicted molar refractivity (Wildman–Crippen MR) is 117 cm³/mol. The quantitative estimate of drug-likeness (QED) is 0.778. The first kappa shape index (κ1) is 23.2. The highest BCUT2D eigenvalue weighted by molar-refractivity contribution is 5.82. The summed E-state index contributed by atoms with van der Waals surface area (Å²) in [4.78, 5) is 27.0. The monoisotopic (exact) mass is 402 g/mol. The summed E-state index contributed by atoms with van der Waals surface area (Å²) >= 11 is 0. The molecule has 2 amide bonds. The Labute approximate surface area is 176 Å².